The Morgan fingerprint density at radius 3 is 0.842 bits per heavy atom. The summed E-state index contributed by atoms with van der Waals surface area (Å²) in [6, 6.07) is 0. The maximum Gasteiger partial charge on any atom is 0.361 e. The minimum Gasteiger partial charge on any atom is -0.477 e. The number of carboxylic acid groups (broad SMARTS) is 1. The number of quaternary nitrogens is 1. The predicted molar refractivity (Wildman–Crippen MR) is 410 cm³/mol. The van der Waals surface area contributed by atoms with Crippen molar-refractivity contribution in [1.82, 2.24) is 0 Å². The first-order valence-corrected chi connectivity index (χ1v) is 38.3. The van der Waals surface area contributed by atoms with Gasteiger partial charge in [0, 0.05) is 12.8 Å². The van der Waals surface area contributed by atoms with Gasteiger partial charge < -0.3 is 28.5 Å². The van der Waals surface area contributed by atoms with Crippen molar-refractivity contribution in [2.45, 2.75) is 309 Å². The fourth-order valence-electron chi connectivity index (χ4n) is 10.2. The molecule has 0 aliphatic carbocycles. The number of rotatable bonds is 69. The van der Waals surface area contributed by atoms with Crippen molar-refractivity contribution < 1.29 is 42.9 Å². The number of likely N-dealkylation sites (N-methyl/N-ethyl adjacent to an activating group) is 1. The molecule has 9 heteroatoms. The van der Waals surface area contributed by atoms with Crippen LogP contribution in [0.3, 0.4) is 0 Å². The number of nitrogens with zero attached hydrogens (tertiary/aromatic N) is 1. The van der Waals surface area contributed by atoms with Crippen LogP contribution in [0.1, 0.15) is 296 Å². The number of allylic oxidation sites excluding steroid dienone is 28. The highest BCUT2D eigenvalue weighted by Gasteiger charge is 2.25. The summed E-state index contributed by atoms with van der Waals surface area (Å²) in [6.45, 7) is 4.65. The zero-order valence-corrected chi connectivity index (χ0v) is 61.5. The third kappa shape index (κ3) is 75.9. The molecule has 95 heavy (non-hydrogen) atoms. The minimum atomic E-state index is -1.52. The smallest absolute Gasteiger partial charge is 0.361 e. The van der Waals surface area contributed by atoms with Crippen molar-refractivity contribution in [3.8, 4) is 0 Å². The Morgan fingerprint density at radius 1 is 0.316 bits per heavy atom. The van der Waals surface area contributed by atoms with E-state index in [1.54, 1.807) is 0 Å². The average Bonchev–Trinajstić information content (AvgIpc) is 2.94. The van der Waals surface area contributed by atoms with E-state index < -0.39 is 24.3 Å². The molecular weight excluding hydrogens is 1170 g/mol. The number of esters is 2. The molecule has 0 rings (SSSR count). The van der Waals surface area contributed by atoms with Crippen LogP contribution in [0.4, 0.5) is 0 Å². The summed E-state index contributed by atoms with van der Waals surface area (Å²) in [4.78, 5) is 37.7. The first-order valence-electron chi connectivity index (χ1n) is 38.3. The van der Waals surface area contributed by atoms with Crippen LogP contribution in [0.5, 0.6) is 0 Å². The lowest BCUT2D eigenvalue weighted by molar-refractivity contribution is -0.870. The summed E-state index contributed by atoms with van der Waals surface area (Å²) in [5.41, 5.74) is 0. The molecule has 0 bridgehead atoms. The zero-order valence-electron chi connectivity index (χ0n) is 61.5. The van der Waals surface area contributed by atoms with Gasteiger partial charge in [-0.1, -0.05) is 325 Å². The second-order valence-electron chi connectivity index (χ2n) is 26.2. The summed E-state index contributed by atoms with van der Waals surface area (Å²) < 4.78 is 23.0. The van der Waals surface area contributed by atoms with Gasteiger partial charge in [0.25, 0.3) is 6.29 Å². The fraction of sp³-hybridized carbons (Fsp3) is 0.640. The average molecular weight is 1320 g/mol. The van der Waals surface area contributed by atoms with Crippen LogP contribution in [0.2, 0.25) is 0 Å². The summed E-state index contributed by atoms with van der Waals surface area (Å²) in [5, 5.41) is 9.77. The van der Waals surface area contributed by atoms with Gasteiger partial charge in [0.05, 0.1) is 34.4 Å². The van der Waals surface area contributed by atoms with E-state index in [1.807, 2.05) is 21.1 Å². The SMILES string of the molecule is CC/C=C\C/C=C\C/C=C\C/C=C\C/C=C\C/C=C\C/C=C\CCCCCCCCCCCCCCCC(=O)OCC(COC(OCC[N+](C)(C)C)C(=O)O)OC(=O)CCCCCCCCCCCCCCC/C=C\C/C=C\C/C=C\C/C=C\C/C=C\C/C=C\C/C=C\CC. The molecule has 1 N–H and O–H groups in total. The van der Waals surface area contributed by atoms with Gasteiger partial charge in [-0.3, -0.25) is 9.59 Å². The van der Waals surface area contributed by atoms with E-state index in [9.17, 15) is 19.5 Å². The summed E-state index contributed by atoms with van der Waals surface area (Å²) in [5.74, 6) is -2.01. The minimum absolute atomic E-state index is 0.180. The van der Waals surface area contributed by atoms with Crippen LogP contribution in [0, 0.1) is 0 Å². The lowest BCUT2D eigenvalue weighted by Gasteiger charge is -2.25. The zero-order chi connectivity index (χ0) is 69.0. The Morgan fingerprint density at radius 2 is 0.568 bits per heavy atom. The second kappa shape index (κ2) is 74.4. The lowest BCUT2D eigenvalue weighted by Crippen LogP contribution is -2.40. The number of hydrogen-bond donors (Lipinski definition) is 1. The van der Waals surface area contributed by atoms with Crippen LogP contribution in [0.15, 0.2) is 170 Å². The van der Waals surface area contributed by atoms with E-state index in [4.69, 9.17) is 18.9 Å². The molecule has 0 aromatic carbocycles. The van der Waals surface area contributed by atoms with Crippen molar-refractivity contribution >= 4 is 17.9 Å². The molecule has 0 spiro atoms. The highest BCUT2D eigenvalue weighted by Crippen LogP contribution is 2.17. The molecule has 0 saturated heterocycles. The number of carbonyl (C=O) groups excluding carboxylic acids is 2. The van der Waals surface area contributed by atoms with Crippen molar-refractivity contribution in [1.29, 1.82) is 0 Å². The van der Waals surface area contributed by atoms with E-state index in [-0.39, 0.29) is 32.2 Å². The third-order valence-corrected chi connectivity index (χ3v) is 16.0. The van der Waals surface area contributed by atoms with Crippen LogP contribution in [-0.4, -0.2) is 87.4 Å². The Hall–Kier alpha value is -5.35. The molecule has 538 valence electrons. The molecule has 0 amide bonds. The lowest BCUT2D eigenvalue weighted by atomic mass is 10.0. The van der Waals surface area contributed by atoms with Gasteiger partial charge in [-0.05, 0) is 128 Å². The second-order valence-corrected chi connectivity index (χ2v) is 26.2. The van der Waals surface area contributed by atoms with Gasteiger partial charge >= 0.3 is 17.9 Å². The van der Waals surface area contributed by atoms with Gasteiger partial charge in [0.1, 0.15) is 13.2 Å². The summed E-state index contributed by atoms with van der Waals surface area (Å²) in [6.07, 6.45) is 109. The Balaban J connectivity index is 4.11. The maximum absolute atomic E-state index is 13.0. The van der Waals surface area contributed by atoms with E-state index in [1.165, 1.54) is 135 Å². The molecule has 0 aromatic rings. The third-order valence-electron chi connectivity index (χ3n) is 16.0. The largest absolute Gasteiger partial charge is 0.477 e. The summed E-state index contributed by atoms with van der Waals surface area (Å²) >= 11 is 0. The molecule has 0 heterocycles. The van der Waals surface area contributed by atoms with Crippen molar-refractivity contribution in [3.63, 3.8) is 0 Å². The van der Waals surface area contributed by atoms with Gasteiger partial charge in [-0.2, -0.15) is 0 Å². The van der Waals surface area contributed by atoms with E-state index in [0.717, 1.165) is 128 Å². The number of carboxylic acids is 1. The number of aliphatic carboxylic acids is 1. The quantitative estimate of drug-likeness (QED) is 0.0211. The number of hydrogen-bond acceptors (Lipinski definition) is 7. The molecule has 0 aliphatic heterocycles. The molecule has 0 fully saturated rings. The molecule has 0 saturated carbocycles. The summed E-state index contributed by atoms with van der Waals surface area (Å²) in [7, 11) is 5.98. The van der Waals surface area contributed by atoms with Crippen LogP contribution >= 0.6 is 0 Å². The maximum atomic E-state index is 13.0. The first kappa shape index (κ1) is 89.6. The van der Waals surface area contributed by atoms with Gasteiger partial charge in [0.15, 0.2) is 6.10 Å². The monoisotopic (exact) mass is 1320 g/mol. The van der Waals surface area contributed by atoms with E-state index in [0.29, 0.717) is 23.9 Å². The Bertz CT molecular complexity index is 2170. The van der Waals surface area contributed by atoms with E-state index >= 15 is 0 Å². The van der Waals surface area contributed by atoms with Crippen molar-refractivity contribution in [2.24, 2.45) is 0 Å². The molecular formula is C86H142NO8+. The number of ether oxygens (including phenoxy) is 4. The fourth-order valence-corrected chi connectivity index (χ4v) is 10.2. The highest BCUT2D eigenvalue weighted by atomic mass is 16.7. The van der Waals surface area contributed by atoms with Gasteiger partial charge in [-0.25, -0.2) is 4.79 Å². The van der Waals surface area contributed by atoms with Crippen LogP contribution in [0.25, 0.3) is 0 Å². The molecule has 2 atom stereocenters. The highest BCUT2D eigenvalue weighted by molar-refractivity contribution is 5.71. The van der Waals surface area contributed by atoms with Crippen LogP contribution < -0.4 is 0 Å². The number of unbranched alkanes of at least 4 members (excludes halogenated alkanes) is 26. The molecule has 9 nitrogen and oxygen atoms in total. The Kier molecular flexibility index (Phi) is 70.2. The molecule has 0 aliphatic rings. The first-order chi connectivity index (χ1) is 46.6. The normalized spacial score (nSPS) is 13.7. The molecule has 2 unspecified atom stereocenters. The molecule has 0 aromatic heterocycles. The number of carbonyl (C=O) groups is 3. The molecule has 0 radical (unpaired) electrons. The Labute approximate surface area is 584 Å². The predicted octanol–water partition coefficient (Wildman–Crippen LogP) is 24.6. The van der Waals surface area contributed by atoms with Gasteiger partial charge in [-0.15, -0.1) is 0 Å². The van der Waals surface area contributed by atoms with Gasteiger partial charge in [0.2, 0.25) is 0 Å². The standard InChI is InChI=1S/C86H141NO8/c1-6-8-10-12-14-16-18-20-22-24-26-28-30-32-34-36-38-40-42-44-46-48-50-52-54-56-58-60-62-64-66-68-70-72-74-76-83(88)93-80-82(81-94-86(85(90)91)92-79-78-87(3,4)5)95-84(89)77-75-73-71-69-67-65-63-61-59-57-55-53-51-49-47-45-43-41-39-37-35-33-31-29-27-25-23-21-19-17-15-13-11-9-7-2/h8-11,14-17,20-23,26-29,32-35,38-41,44-47,82,86H,6-7,12-13,18-19,24-25,30-31,36-37,42-43,48-81H2,1-5H3/p+1/b10-8-,11-9-,16-14-,17-15-,22-20-,23-21-,28-26-,29-27-,34-32-,35-33-,40-38-,41-39-,46-44-,47-45-. The van der Waals surface area contributed by atoms with Crippen molar-refractivity contribution in [2.75, 3.05) is 47.5 Å². The van der Waals surface area contributed by atoms with Crippen LogP contribution in [-0.2, 0) is 33.3 Å². The van der Waals surface area contributed by atoms with Crippen molar-refractivity contribution in [3.05, 3.63) is 170 Å². The topological polar surface area (TPSA) is 108 Å². The van der Waals surface area contributed by atoms with E-state index in [2.05, 4.69) is 184 Å².